The number of aryl methyl sites for hydroxylation is 2. The van der Waals surface area contributed by atoms with Gasteiger partial charge in [0.2, 0.25) is 0 Å². The maximum Gasteiger partial charge on any atom is 0.161 e. The van der Waals surface area contributed by atoms with Gasteiger partial charge in [0.1, 0.15) is 5.82 Å². The lowest BCUT2D eigenvalue weighted by molar-refractivity contribution is 0.0398. The summed E-state index contributed by atoms with van der Waals surface area (Å²) in [6.45, 7) is 9.46. The van der Waals surface area contributed by atoms with Crippen molar-refractivity contribution < 1.29 is 14.2 Å². The lowest BCUT2D eigenvalue weighted by Crippen LogP contribution is -2.39. The van der Waals surface area contributed by atoms with Gasteiger partial charge in [0.05, 0.1) is 33.1 Å². The highest BCUT2D eigenvalue weighted by molar-refractivity contribution is 5.73. The molecule has 0 amide bonds. The van der Waals surface area contributed by atoms with Crippen LogP contribution in [0, 0.1) is 13.8 Å². The molecule has 8 heteroatoms. The summed E-state index contributed by atoms with van der Waals surface area (Å²) in [5.74, 6) is 2.32. The van der Waals surface area contributed by atoms with Crippen LogP contribution in [0.1, 0.15) is 11.3 Å². The van der Waals surface area contributed by atoms with E-state index in [1.165, 1.54) is 0 Å². The fourth-order valence-electron chi connectivity index (χ4n) is 3.80. The maximum atomic E-state index is 5.46. The van der Waals surface area contributed by atoms with Crippen LogP contribution >= 0.6 is 0 Å². The molecule has 0 radical (unpaired) electrons. The van der Waals surface area contributed by atoms with Crippen molar-refractivity contribution in [3.63, 3.8) is 0 Å². The van der Waals surface area contributed by atoms with Crippen LogP contribution in [0.15, 0.2) is 24.3 Å². The van der Waals surface area contributed by atoms with Crippen molar-refractivity contribution in [2.24, 2.45) is 0 Å². The van der Waals surface area contributed by atoms with Gasteiger partial charge in [-0.15, -0.1) is 0 Å². The number of rotatable bonds is 7. The summed E-state index contributed by atoms with van der Waals surface area (Å²) in [7, 11) is 3.27. The van der Waals surface area contributed by atoms with Crippen molar-refractivity contribution in [3.8, 4) is 22.8 Å². The topological polar surface area (TPSA) is 73.2 Å². The van der Waals surface area contributed by atoms with Gasteiger partial charge >= 0.3 is 0 Å². The summed E-state index contributed by atoms with van der Waals surface area (Å²) in [5.41, 5.74) is 4.69. The molecule has 4 rings (SSSR count). The van der Waals surface area contributed by atoms with E-state index in [-0.39, 0.29) is 0 Å². The maximum absolute atomic E-state index is 5.46. The predicted octanol–water partition coefficient (Wildman–Crippen LogP) is 2.77. The number of aromatic nitrogens is 3. The number of hydrogen-bond donors (Lipinski definition) is 1. The first-order valence-corrected chi connectivity index (χ1v) is 10.2. The van der Waals surface area contributed by atoms with Gasteiger partial charge in [-0.1, -0.05) is 0 Å². The summed E-state index contributed by atoms with van der Waals surface area (Å²) < 4.78 is 18.1. The van der Waals surface area contributed by atoms with E-state index in [0.29, 0.717) is 11.5 Å². The monoisotopic (exact) mass is 411 g/mol. The second kappa shape index (κ2) is 8.89. The molecule has 160 valence electrons. The van der Waals surface area contributed by atoms with Crippen LogP contribution in [-0.2, 0) is 4.74 Å². The highest BCUT2D eigenvalue weighted by Crippen LogP contribution is 2.34. The van der Waals surface area contributed by atoms with Crippen molar-refractivity contribution in [2.75, 3.05) is 58.9 Å². The molecule has 1 saturated heterocycles. The van der Waals surface area contributed by atoms with Crippen LogP contribution < -0.4 is 14.8 Å². The quantitative estimate of drug-likeness (QED) is 0.641. The molecule has 0 atom stereocenters. The summed E-state index contributed by atoms with van der Waals surface area (Å²) in [6.07, 6.45) is 0. The number of morpholine rings is 1. The van der Waals surface area contributed by atoms with Crippen LogP contribution in [0.4, 0.5) is 5.82 Å². The third-order valence-electron chi connectivity index (χ3n) is 5.44. The molecule has 3 heterocycles. The highest BCUT2D eigenvalue weighted by Gasteiger charge is 2.17. The van der Waals surface area contributed by atoms with Crippen molar-refractivity contribution in [3.05, 3.63) is 35.5 Å². The average Bonchev–Trinajstić information content (AvgIpc) is 3.10. The van der Waals surface area contributed by atoms with Crippen molar-refractivity contribution in [1.82, 2.24) is 19.5 Å². The number of ether oxygens (including phenoxy) is 3. The molecule has 0 spiro atoms. The van der Waals surface area contributed by atoms with Crippen LogP contribution in [0.3, 0.4) is 0 Å². The molecule has 3 aromatic rings. The van der Waals surface area contributed by atoms with E-state index in [1.54, 1.807) is 14.2 Å². The Morgan fingerprint density at radius 2 is 1.83 bits per heavy atom. The zero-order valence-electron chi connectivity index (χ0n) is 18.1. The molecular weight excluding hydrogens is 382 g/mol. The Kier molecular flexibility index (Phi) is 6.06. The SMILES string of the molecule is COc1ccc(-c2nn3c(NCCN4CCOCC4)cc(C)nc3c2C)cc1OC. The minimum absolute atomic E-state index is 0.680. The Labute approximate surface area is 176 Å². The first-order chi connectivity index (χ1) is 14.6. The lowest BCUT2D eigenvalue weighted by atomic mass is 10.1. The van der Waals surface area contributed by atoms with E-state index in [4.69, 9.17) is 24.3 Å². The fraction of sp³-hybridized carbons (Fsp3) is 0.455. The summed E-state index contributed by atoms with van der Waals surface area (Å²) in [6, 6.07) is 7.88. The van der Waals surface area contributed by atoms with Gasteiger partial charge in [-0.3, -0.25) is 4.90 Å². The third-order valence-corrected chi connectivity index (χ3v) is 5.44. The second-order valence-corrected chi connectivity index (χ2v) is 7.44. The first kappa shape index (κ1) is 20.4. The molecule has 8 nitrogen and oxygen atoms in total. The van der Waals surface area contributed by atoms with Crippen molar-refractivity contribution >= 4 is 11.5 Å². The number of methoxy groups -OCH3 is 2. The number of hydrogen-bond acceptors (Lipinski definition) is 7. The molecule has 0 unspecified atom stereocenters. The molecule has 1 aliphatic rings. The molecule has 0 bridgehead atoms. The first-order valence-electron chi connectivity index (χ1n) is 10.2. The van der Waals surface area contributed by atoms with E-state index in [2.05, 4.69) is 17.1 Å². The molecule has 1 aromatic carbocycles. The van der Waals surface area contributed by atoms with Gasteiger partial charge in [0.25, 0.3) is 0 Å². The van der Waals surface area contributed by atoms with E-state index < -0.39 is 0 Å². The van der Waals surface area contributed by atoms with Gasteiger partial charge in [-0.05, 0) is 32.0 Å². The summed E-state index contributed by atoms with van der Waals surface area (Å²) in [5, 5.41) is 8.42. The molecule has 0 aliphatic carbocycles. The summed E-state index contributed by atoms with van der Waals surface area (Å²) in [4.78, 5) is 7.14. The number of nitrogens with one attached hydrogen (secondary N) is 1. The number of nitrogens with zero attached hydrogens (tertiary/aromatic N) is 4. The Bertz CT molecular complexity index is 1030. The normalized spacial score (nSPS) is 14.8. The minimum Gasteiger partial charge on any atom is -0.493 e. The molecule has 2 aromatic heterocycles. The smallest absolute Gasteiger partial charge is 0.161 e. The largest absolute Gasteiger partial charge is 0.493 e. The van der Waals surface area contributed by atoms with Crippen molar-refractivity contribution in [1.29, 1.82) is 0 Å². The Hall–Kier alpha value is -2.84. The number of fused-ring (bicyclic) bond motifs is 1. The zero-order chi connectivity index (χ0) is 21.1. The van der Waals surface area contributed by atoms with Gasteiger partial charge in [-0.2, -0.15) is 9.61 Å². The van der Waals surface area contributed by atoms with Gasteiger partial charge < -0.3 is 19.5 Å². The molecular formula is C22H29N5O3. The predicted molar refractivity (Wildman–Crippen MR) is 117 cm³/mol. The number of benzene rings is 1. The van der Waals surface area contributed by atoms with Crippen LogP contribution in [-0.4, -0.2) is 73.1 Å². The van der Waals surface area contributed by atoms with Gasteiger partial charge in [0.15, 0.2) is 17.1 Å². The Balaban J connectivity index is 1.63. The van der Waals surface area contributed by atoms with E-state index in [0.717, 1.165) is 73.4 Å². The highest BCUT2D eigenvalue weighted by atomic mass is 16.5. The molecule has 30 heavy (non-hydrogen) atoms. The molecule has 1 aliphatic heterocycles. The van der Waals surface area contributed by atoms with Crippen LogP contribution in [0.25, 0.3) is 16.9 Å². The van der Waals surface area contributed by atoms with E-state index in [1.807, 2.05) is 35.7 Å². The van der Waals surface area contributed by atoms with Crippen LogP contribution in [0.5, 0.6) is 11.5 Å². The number of anilines is 1. The second-order valence-electron chi connectivity index (χ2n) is 7.44. The average molecular weight is 412 g/mol. The Morgan fingerprint density at radius 1 is 1.07 bits per heavy atom. The minimum atomic E-state index is 0.680. The van der Waals surface area contributed by atoms with Gasteiger partial charge in [-0.25, -0.2) is 4.98 Å². The molecule has 1 fully saturated rings. The molecule has 0 saturated carbocycles. The summed E-state index contributed by atoms with van der Waals surface area (Å²) >= 11 is 0. The third kappa shape index (κ3) is 4.06. The molecule has 1 N–H and O–H groups in total. The van der Waals surface area contributed by atoms with Crippen molar-refractivity contribution in [2.45, 2.75) is 13.8 Å². The van der Waals surface area contributed by atoms with E-state index >= 15 is 0 Å². The standard InChI is InChI=1S/C22H29N5O3/c1-15-13-20(23-7-8-26-9-11-30-12-10-26)27-22(24-15)16(2)21(25-27)17-5-6-18(28-3)19(14-17)29-4/h5-6,13-14,23H,7-12H2,1-4H3. The zero-order valence-corrected chi connectivity index (χ0v) is 18.1. The fourth-order valence-corrected chi connectivity index (χ4v) is 3.80. The van der Waals surface area contributed by atoms with E-state index in [9.17, 15) is 0 Å². The Morgan fingerprint density at radius 3 is 2.57 bits per heavy atom. The lowest BCUT2D eigenvalue weighted by Gasteiger charge is -2.26. The van der Waals surface area contributed by atoms with Gasteiger partial charge in [0, 0.05) is 49.1 Å². The van der Waals surface area contributed by atoms with Crippen LogP contribution in [0.2, 0.25) is 0 Å².